The van der Waals surface area contributed by atoms with Gasteiger partial charge < -0.3 is 19.2 Å². The molecule has 11 nitrogen and oxygen atoms in total. The molecule has 2 aliphatic rings. The third-order valence-corrected chi connectivity index (χ3v) is 14.1. The second-order valence-corrected chi connectivity index (χ2v) is 20.7. The van der Waals surface area contributed by atoms with Crippen LogP contribution in [0.4, 0.5) is 22.2 Å². The van der Waals surface area contributed by atoms with E-state index in [1.54, 1.807) is 17.2 Å². The molecule has 4 heterocycles. The molecule has 1 aromatic carbocycles. The number of hydrogen-bond acceptors (Lipinski definition) is 9. The van der Waals surface area contributed by atoms with Crippen molar-refractivity contribution in [1.82, 2.24) is 19.7 Å². The Labute approximate surface area is 286 Å². The molecule has 1 N–H and O–H groups in total. The first-order valence-electron chi connectivity index (χ1n) is 16.9. The van der Waals surface area contributed by atoms with Gasteiger partial charge in [-0.3, -0.25) is 4.90 Å². The maximum Gasteiger partial charge on any atom is 0.414 e. The number of aromatic nitrogens is 4. The lowest BCUT2D eigenvalue weighted by Crippen LogP contribution is -2.46. The van der Waals surface area contributed by atoms with Crippen LogP contribution in [0.3, 0.4) is 0 Å². The summed E-state index contributed by atoms with van der Waals surface area (Å²) in [5, 5.41) is 18.5. The Morgan fingerprint density at radius 1 is 1.19 bits per heavy atom. The van der Waals surface area contributed by atoms with Crippen LogP contribution < -0.4 is 10.2 Å². The second-order valence-electron chi connectivity index (χ2n) is 15.9. The maximum atomic E-state index is 13.6. The zero-order chi connectivity index (χ0) is 35.1. The molecule has 48 heavy (non-hydrogen) atoms. The number of ether oxygens (including phenoxy) is 2. The molecular formula is C36H51N7O4Si. The molecule has 0 saturated carbocycles. The molecule has 12 heteroatoms. The van der Waals surface area contributed by atoms with Crippen molar-refractivity contribution in [3.8, 4) is 17.3 Å². The number of aryl methyl sites for hydroxylation is 1. The molecule has 1 saturated heterocycles. The Bertz CT molecular complexity index is 1700. The lowest BCUT2D eigenvalue weighted by Gasteiger charge is -2.39. The fourth-order valence-electron chi connectivity index (χ4n) is 5.91. The summed E-state index contributed by atoms with van der Waals surface area (Å²) in [6.07, 6.45) is 4.60. The number of carbonyl (C=O) groups is 1. The van der Waals surface area contributed by atoms with Crippen LogP contribution in [0.5, 0.6) is 0 Å². The molecule has 0 bridgehead atoms. The summed E-state index contributed by atoms with van der Waals surface area (Å²) in [6.45, 7) is 22.8. The topological polar surface area (TPSA) is 127 Å². The van der Waals surface area contributed by atoms with E-state index in [4.69, 9.17) is 18.9 Å². The summed E-state index contributed by atoms with van der Waals surface area (Å²) in [6, 6.07) is 9.99. The number of rotatable bonds is 8. The predicted molar refractivity (Wildman–Crippen MR) is 190 cm³/mol. The van der Waals surface area contributed by atoms with Crippen molar-refractivity contribution < 1.29 is 18.7 Å². The number of amides is 1. The molecule has 1 fully saturated rings. The van der Waals surface area contributed by atoms with E-state index in [-0.39, 0.29) is 11.1 Å². The first-order valence-corrected chi connectivity index (χ1v) is 19.8. The molecule has 2 aliphatic heterocycles. The van der Waals surface area contributed by atoms with Gasteiger partial charge in [0.05, 0.1) is 35.3 Å². The number of benzene rings is 1. The minimum Gasteiger partial charge on any atom is -0.443 e. The Balaban J connectivity index is 1.51. The van der Waals surface area contributed by atoms with Gasteiger partial charge >= 0.3 is 6.09 Å². The van der Waals surface area contributed by atoms with Crippen molar-refractivity contribution in [3.05, 3.63) is 47.3 Å². The molecule has 1 unspecified atom stereocenters. The van der Waals surface area contributed by atoms with Gasteiger partial charge in [-0.1, -0.05) is 27.7 Å². The van der Waals surface area contributed by atoms with Crippen molar-refractivity contribution in [2.24, 2.45) is 0 Å². The van der Waals surface area contributed by atoms with Gasteiger partial charge in [0, 0.05) is 43.0 Å². The van der Waals surface area contributed by atoms with Gasteiger partial charge in [-0.15, -0.1) is 0 Å². The number of fused-ring (bicyclic) bond motifs is 1. The Morgan fingerprint density at radius 3 is 2.58 bits per heavy atom. The van der Waals surface area contributed by atoms with E-state index in [0.29, 0.717) is 42.6 Å². The monoisotopic (exact) mass is 673 g/mol. The van der Waals surface area contributed by atoms with Gasteiger partial charge in [-0.05, 0) is 88.9 Å². The number of carbonyl (C=O) groups excluding carboxylic acids is 1. The zero-order valence-corrected chi connectivity index (χ0v) is 31.2. The van der Waals surface area contributed by atoms with Crippen LogP contribution in [0.25, 0.3) is 11.3 Å². The van der Waals surface area contributed by atoms with Crippen molar-refractivity contribution in [3.63, 3.8) is 0 Å². The Hall–Kier alpha value is -3.79. The molecule has 0 spiro atoms. The normalized spacial score (nSPS) is 19.9. The van der Waals surface area contributed by atoms with E-state index in [2.05, 4.69) is 62.3 Å². The third-order valence-electron chi connectivity index (χ3n) is 9.57. The van der Waals surface area contributed by atoms with Gasteiger partial charge in [0.25, 0.3) is 0 Å². The number of nitrogens with zero attached hydrogens (tertiary/aromatic N) is 6. The highest BCUT2D eigenvalue weighted by atomic mass is 28.4. The number of anilines is 3. The molecule has 5 rings (SSSR count). The molecular weight excluding hydrogens is 623 g/mol. The lowest BCUT2D eigenvalue weighted by molar-refractivity contribution is 0.00432. The molecule has 0 radical (unpaired) electrons. The van der Waals surface area contributed by atoms with Crippen LogP contribution >= 0.6 is 0 Å². The molecule has 0 aliphatic carbocycles. The average Bonchev–Trinajstić information content (AvgIpc) is 3.50. The van der Waals surface area contributed by atoms with Crippen molar-refractivity contribution in [2.45, 2.75) is 116 Å². The fraction of sp³-hybridized carbons (Fsp3) is 0.583. The zero-order valence-electron chi connectivity index (χ0n) is 30.2. The summed E-state index contributed by atoms with van der Waals surface area (Å²) in [4.78, 5) is 24.6. The van der Waals surface area contributed by atoms with Crippen LogP contribution in [0, 0.1) is 18.3 Å². The predicted octanol–water partition coefficient (Wildman–Crippen LogP) is 7.87. The highest BCUT2D eigenvalue weighted by molar-refractivity contribution is 6.74. The summed E-state index contributed by atoms with van der Waals surface area (Å²) in [5.41, 5.74) is 2.79. The summed E-state index contributed by atoms with van der Waals surface area (Å²) in [7, 11) is -2.13. The van der Waals surface area contributed by atoms with Gasteiger partial charge in [0.1, 0.15) is 17.5 Å². The minimum absolute atomic E-state index is 0.0109. The van der Waals surface area contributed by atoms with Crippen LogP contribution in [0.1, 0.15) is 84.5 Å². The Kier molecular flexibility index (Phi) is 9.81. The van der Waals surface area contributed by atoms with E-state index < -0.39 is 25.4 Å². The minimum atomic E-state index is -2.13. The van der Waals surface area contributed by atoms with E-state index >= 15 is 0 Å². The third kappa shape index (κ3) is 7.74. The van der Waals surface area contributed by atoms with E-state index in [1.807, 2.05) is 50.6 Å². The van der Waals surface area contributed by atoms with Gasteiger partial charge in [-0.25, -0.2) is 19.4 Å². The van der Waals surface area contributed by atoms with Crippen molar-refractivity contribution in [1.29, 1.82) is 5.26 Å². The number of hydrogen-bond donors (Lipinski definition) is 1. The largest absolute Gasteiger partial charge is 0.443 e. The highest BCUT2D eigenvalue weighted by Crippen LogP contribution is 2.47. The first kappa shape index (κ1) is 35.5. The van der Waals surface area contributed by atoms with Crippen LogP contribution in [-0.4, -0.2) is 65.6 Å². The smallest absolute Gasteiger partial charge is 0.414 e. The summed E-state index contributed by atoms with van der Waals surface area (Å²) >= 11 is 0. The summed E-state index contributed by atoms with van der Waals surface area (Å²) < 4.78 is 20.5. The molecule has 2 aromatic heterocycles. The summed E-state index contributed by atoms with van der Waals surface area (Å²) in [5.74, 6) is 1.20. The quantitative estimate of drug-likeness (QED) is 0.238. The van der Waals surface area contributed by atoms with Gasteiger partial charge in [0.15, 0.2) is 8.32 Å². The lowest BCUT2D eigenvalue weighted by atomic mass is 9.83. The molecule has 258 valence electrons. The van der Waals surface area contributed by atoms with Gasteiger partial charge in [0.2, 0.25) is 5.95 Å². The molecule has 1 amide bonds. The van der Waals surface area contributed by atoms with Crippen LogP contribution in [0.15, 0.2) is 30.5 Å². The van der Waals surface area contributed by atoms with E-state index in [1.165, 1.54) is 0 Å². The second kappa shape index (κ2) is 13.3. The molecule has 2 atom stereocenters. The van der Waals surface area contributed by atoms with Gasteiger partial charge in [-0.2, -0.15) is 10.4 Å². The van der Waals surface area contributed by atoms with Crippen LogP contribution in [-0.2, 0) is 25.9 Å². The van der Waals surface area contributed by atoms with E-state index in [0.717, 1.165) is 48.5 Å². The van der Waals surface area contributed by atoms with E-state index in [9.17, 15) is 10.1 Å². The standard InChI is InChI=1S/C36H51N7O4Si/c1-24-17-30(43(41-24)21-27-13-11-12-16-45-27)40-32-38-15-14-29(39-32)25-18-26(20-37)31-28(19-25)36(8,23-46-48(9,10)35(5,6)7)22-42(31)33(44)47-34(2,3)4/h14-15,17-19,27H,11-13,16,21-23H2,1-10H3,(H,38,39,40)/t27?,36-/m1/s1. The first-order chi connectivity index (χ1) is 22.4. The van der Waals surface area contributed by atoms with Crippen LogP contribution in [0.2, 0.25) is 18.1 Å². The van der Waals surface area contributed by atoms with Crippen molar-refractivity contribution >= 4 is 31.9 Å². The number of nitriles is 1. The Morgan fingerprint density at radius 2 is 1.94 bits per heavy atom. The number of nitrogens with one attached hydrogen (secondary N) is 1. The average molecular weight is 674 g/mol. The fourth-order valence-corrected chi connectivity index (χ4v) is 7.02. The van der Waals surface area contributed by atoms with Crippen molar-refractivity contribution in [2.75, 3.05) is 30.0 Å². The molecule has 3 aromatic rings. The maximum absolute atomic E-state index is 13.6. The highest BCUT2D eigenvalue weighted by Gasteiger charge is 2.47. The SMILES string of the molecule is Cc1cc(Nc2nccc(-c3cc(C#N)c4c(c3)[C@@](C)(CO[Si](C)(C)C(C)(C)C)CN4C(=O)OC(C)(C)C)n2)n(CC2CCCCO2)n1.